The van der Waals surface area contributed by atoms with Gasteiger partial charge >= 0.3 is 5.97 Å². The molecule has 0 radical (unpaired) electrons. The molecule has 3 rings (SSSR count). The summed E-state index contributed by atoms with van der Waals surface area (Å²) in [4.78, 5) is 11.1. The van der Waals surface area contributed by atoms with Crippen LogP contribution in [0.2, 0.25) is 0 Å². The molecule has 4 nitrogen and oxygen atoms in total. The summed E-state index contributed by atoms with van der Waals surface area (Å²) in [6, 6.07) is 11.4. The van der Waals surface area contributed by atoms with E-state index in [1.807, 2.05) is 25.1 Å². The SMILES string of the molecule is Cc1ccc(C(=O)O)cc1NC1CCc2cc(N)ccc21. The smallest absolute Gasteiger partial charge is 0.335 e. The van der Waals surface area contributed by atoms with Crippen LogP contribution in [0.4, 0.5) is 11.4 Å². The van der Waals surface area contributed by atoms with Crippen molar-refractivity contribution in [2.75, 3.05) is 11.1 Å². The van der Waals surface area contributed by atoms with E-state index in [9.17, 15) is 4.79 Å². The second kappa shape index (κ2) is 5.13. The first-order chi connectivity index (χ1) is 10.0. The summed E-state index contributed by atoms with van der Waals surface area (Å²) in [5.74, 6) is -0.905. The van der Waals surface area contributed by atoms with Gasteiger partial charge in [-0.3, -0.25) is 0 Å². The van der Waals surface area contributed by atoms with Crippen LogP contribution in [0, 0.1) is 6.92 Å². The van der Waals surface area contributed by atoms with E-state index in [-0.39, 0.29) is 6.04 Å². The lowest BCUT2D eigenvalue weighted by atomic mass is 10.1. The fourth-order valence-electron chi connectivity index (χ4n) is 2.89. The molecule has 0 fully saturated rings. The van der Waals surface area contributed by atoms with Crippen LogP contribution >= 0.6 is 0 Å². The lowest BCUT2D eigenvalue weighted by molar-refractivity contribution is 0.0697. The van der Waals surface area contributed by atoms with Crippen LogP contribution in [0.15, 0.2) is 36.4 Å². The van der Waals surface area contributed by atoms with Crippen molar-refractivity contribution in [1.82, 2.24) is 0 Å². The fourth-order valence-corrected chi connectivity index (χ4v) is 2.89. The molecule has 108 valence electrons. The Labute approximate surface area is 123 Å². The van der Waals surface area contributed by atoms with Crippen LogP contribution in [-0.2, 0) is 6.42 Å². The van der Waals surface area contributed by atoms with Gasteiger partial charge in [-0.25, -0.2) is 4.79 Å². The average Bonchev–Trinajstić information content (AvgIpc) is 2.83. The van der Waals surface area contributed by atoms with E-state index in [4.69, 9.17) is 10.8 Å². The lowest BCUT2D eigenvalue weighted by Crippen LogP contribution is -2.09. The second-order valence-corrected chi connectivity index (χ2v) is 5.53. The lowest BCUT2D eigenvalue weighted by Gasteiger charge is -2.18. The average molecular weight is 282 g/mol. The van der Waals surface area contributed by atoms with E-state index in [0.717, 1.165) is 29.8 Å². The minimum atomic E-state index is -0.905. The Hall–Kier alpha value is -2.49. The van der Waals surface area contributed by atoms with Gasteiger partial charge < -0.3 is 16.2 Å². The highest BCUT2D eigenvalue weighted by atomic mass is 16.4. The fraction of sp³-hybridized carbons (Fsp3) is 0.235. The number of rotatable bonds is 3. The molecule has 0 saturated carbocycles. The maximum Gasteiger partial charge on any atom is 0.335 e. The number of benzene rings is 2. The topological polar surface area (TPSA) is 75.3 Å². The van der Waals surface area contributed by atoms with Gasteiger partial charge in [-0.15, -0.1) is 0 Å². The van der Waals surface area contributed by atoms with Gasteiger partial charge in [0.2, 0.25) is 0 Å². The summed E-state index contributed by atoms with van der Waals surface area (Å²) in [6.45, 7) is 1.98. The number of anilines is 2. The zero-order valence-corrected chi connectivity index (χ0v) is 11.9. The van der Waals surface area contributed by atoms with Crippen molar-refractivity contribution in [3.63, 3.8) is 0 Å². The Morgan fingerprint density at radius 1 is 1.29 bits per heavy atom. The number of carbonyl (C=O) groups is 1. The molecule has 1 atom stereocenters. The minimum absolute atomic E-state index is 0.211. The molecule has 21 heavy (non-hydrogen) atoms. The summed E-state index contributed by atoms with van der Waals surface area (Å²) in [6.07, 6.45) is 1.99. The van der Waals surface area contributed by atoms with E-state index in [0.29, 0.717) is 5.56 Å². The van der Waals surface area contributed by atoms with E-state index in [2.05, 4.69) is 11.4 Å². The molecule has 1 aliphatic rings. The number of nitrogens with one attached hydrogen (secondary N) is 1. The highest BCUT2D eigenvalue weighted by Crippen LogP contribution is 2.35. The summed E-state index contributed by atoms with van der Waals surface area (Å²) in [7, 11) is 0. The number of hydrogen-bond acceptors (Lipinski definition) is 3. The third kappa shape index (κ3) is 2.57. The molecular weight excluding hydrogens is 264 g/mol. The zero-order chi connectivity index (χ0) is 15.0. The number of hydrogen-bond donors (Lipinski definition) is 3. The maximum atomic E-state index is 11.1. The summed E-state index contributed by atoms with van der Waals surface area (Å²) in [5.41, 5.74) is 11.4. The van der Waals surface area contributed by atoms with Crippen molar-refractivity contribution in [3.8, 4) is 0 Å². The van der Waals surface area contributed by atoms with Crippen molar-refractivity contribution >= 4 is 17.3 Å². The highest BCUT2D eigenvalue weighted by Gasteiger charge is 2.23. The molecule has 0 bridgehead atoms. The van der Waals surface area contributed by atoms with Crippen LogP contribution in [-0.4, -0.2) is 11.1 Å². The van der Waals surface area contributed by atoms with Crippen molar-refractivity contribution < 1.29 is 9.90 Å². The van der Waals surface area contributed by atoms with Gasteiger partial charge in [0.1, 0.15) is 0 Å². The van der Waals surface area contributed by atoms with Gasteiger partial charge in [0.15, 0.2) is 0 Å². The zero-order valence-electron chi connectivity index (χ0n) is 11.9. The molecule has 0 heterocycles. The Morgan fingerprint density at radius 2 is 2.10 bits per heavy atom. The Balaban J connectivity index is 1.89. The van der Waals surface area contributed by atoms with Gasteiger partial charge in [0.25, 0.3) is 0 Å². The van der Waals surface area contributed by atoms with Crippen molar-refractivity contribution in [2.24, 2.45) is 0 Å². The molecule has 0 spiro atoms. The van der Waals surface area contributed by atoms with E-state index in [1.54, 1.807) is 12.1 Å². The molecular formula is C17H18N2O2. The van der Waals surface area contributed by atoms with Crippen molar-refractivity contribution in [3.05, 3.63) is 58.7 Å². The van der Waals surface area contributed by atoms with Gasteiger partial charge in [0, 0.05) is 11.4 Å². The van der Waals surface area contributed by atoms with Gasteiger partial charge in [-0.05, 0) is 60.7 Å². The first-order valence-electron chi connectivity index (χ1n) is 7.03. The molecule has 0 aromatic heterocycles. The quantitative estimate of drug-likeness (QED) is 0.754. The molecule has 0 aliphatic heterocycles. The van der Waals surface area contributed by atoms with E-state index < -0.39 is 5.97 Å². The van der Waals surface area contributed by atoms with E-state index in [1.165, 1.54) is 11.1 Å². The molecule has 4 heteroatoms. The second-order valence-electron chi connectivity index (χ2n) is 5.53. The van der Waals surface area contributed by atoms with Gasteiger partial charge in [0.05, 0.1) is 11.6 Å². The van der Waals surface area contributed by atoms with Crippen LogP contribution in [0.3, 0.4) is 0 Å². The van der Waals surface area contributed by atoms with Gasteiger partial charge in [-0.2, -0.15) is 0 Å². The Morgan fingerprint density at radius 3 is 2.86 bits per heavy atom. The first-order valence-corrected chi connectivity index (χ1v) is 7.03. The summed E-state index contributed by atoms with van der Waals surface area (Å²) in [5, 5.41) is 12.6. The molecule has 1 aliphatic carbocycles. The number of nitrogens with two attached hydrogens (primary N) is 1. The standard InChI is InChI=1S/C17H18N2O2/c1-10-2-3-12(17(20)21)9-16(10)19-15-7-4-11-8-13(18)5-6-14(11)15/h2-3,5-6,8-9,15,19H,4,7,18H2,1H3,(H,20,21). The van der Waals surface area contributed by atoms with Crippen LogP contribution in [0.25, 0.3) is 0 Å². The Bertz CT molecular complexity index is 710. The summed E-state index contributed by atoms with van der Waals surface area (Å²) >= 11 is 0. The van der Waals surface area contributed by atoms with Crippen molar-refractivity contribution in [2.45, 2.75) is 25.8 Å². The number of carboxylic acids is 1. The molecule has 1 unspecified atom stereocenters. The minimum Gasteiger partial charge on any atom is -0.478 e. The van der Waals surface area contributed by atoms with E-state index >= 15 is 0 Å². The van der Waals surface area contributed by atoms with Crippen molar-refractivity contribution in [1.29, 1.82) is 0 Å². The number of aromatic carboxylic acids is 1. The normalized spacial score (nSPS) is 16.5. The van der Waals surface area contributed by atoms with Gasteiger partial charge in [-0.1, -0.05) is 12.1 Å². The number of nitrogen functional groups attached to an aromatic ring is 1. The monoisotopic (exact) mass is 282 g/mol. The number of carboxylic acid groups (broad SMARTS) is 1. The third-order valence-electron chi connectivity index (χ3n) is 4.06. The third-order valence-corrected chi connectivity index (χ3v) is 4.06. The molecule has 0 saturated heterocycles. The predicted octanol–water partition coefficient (Wildman–Crippen LogP) is 3.37. The predicted molar refractivity (Wildman–Crippen MR) is 83.7 cm³/mol. The highest BCUT2D eigenvalue weighted by molar-refractivity contribution is 5.89. The largest absolute Gasteiger partial charge is 0.478 e. The maximum absolute atomic E-state index is 11.1. The molecule has 4 N–H and O–H groups in total. The molecule has 2 aromatic carbocycles. The van der Waals surface area contributed by atoms with Crippen LogP contribution in [0.5, 0.6) is 0 Å². The Kier molecular flexibility index (Phi) is 3.29. The molecule has 0 amide bonds. The van der Waals surface area contributed by atoms with Crippen LogP contribution in [0.1, 0.15) is 39.5 Å². The first kappa shape index (κ1) is 13.5. The molecule has 2 aromatic rings. The van der Waals surface area contributed by atoms with Crippen LogP contribution < -0.4 is 11.1 Å². The number of fused-ring (bicyclic) bond motifs is 1. The summed E-state index contributed by atoms with van der Waals surface area (Å²) < 4.78 is 0. The number of aryl methyl sites for hydroxylation is 2.